The van der Waals surface area contributed by atoms with Gasteiger partial charge in [-0.3, -0.25) is 0 Å². The van der Waals surface area contributed by atoms with Gasteiger partial charge in [0.1, 0.15) is 0 Å². The number of rotatable bonds is 0. The third-order valence-corrected chi connectivity index (χ3v) is 0. The maximum absolute atomic E-state index is 0. The summed E-state index contributed by atoms with van der Waals surface area (Å²) in [6.45, 7) is 0. The van der Waals surface area contributed by atoms with E-state index in [0.717, 1.165) is 0 Å². The molecule has 0 aliphatic heterocycles. The van der Waals surface area contributed by atoms with Crippen LogP contribution in [0.3, 0.4) is 0 Å². The van der Waals surface area contributed by atoms with Gasteiger partial charge in [0.05, 0.1) is 0 Å². The minimum Gasteiger partial charge on any atom is -2.00 e. The van der Waals surface area contributed by atoms with Crippen molar-refractivity contribution in [3.8, 4) is 0 Å². The summed E-state index contributed by atoms with van der Waals surface area (Å²) in [5.41, 5.74) is 0. The molecule has 0 unspecified atom stereocenters. The first kappa shape index (κ1) is 132. The molecule has 0 spiro atoms. The molecule has 0 fully saturated rings. The fourth-order valence-electron chi connectivity index (χ4n) is 0. The average Bonchev–Trinajstić information content (AvgIpc) is 0. The number of hydrogen-bond acceptors (Lipinski definition) is 0. The third-order valence-electron chi connectivity index (χ3n) is 0. The van der Waals surface area contributed by atoms with Crippen LogP contribution < -0.4 is 0 Å². The van der Waals surface area contributed by atoms with E-state index in [1.54, 1.807) is 0 Å². The van der Waals surface area contributed by atoms with E-state index in [1.807, 2.05) is 0 Å². The van der Waals surface area contributed by atoms with Gasteiger partial charge >= 0.3 is 90.1 Å². The van der Waals surface area contributed by atoms with Gasteiger partial charge in [-0.15, -0.1) is 0 Å². The molecular formula is InO5SmSn. The predicted octanol–water partition coefficient (Wildman–Crippen LogP) is -1.36. The summed E-state index contributed by atoms with van der Waals surface area (Å²) in [6, 6.07) is 0. The summed E-state index contributed by atoms with van der Waals surface area (Å²) in [6.07, 6.45) is 0. The molecule has 0 heterocycles. The smallest absolute Gasteiger partial charge is 2.00 e. The van der Waals surface area contributed by atoms with Crippen LogP contribution >= 0.6 is 0 Å². The van der Waals surface area contributed by atoms with Crippen molar-refractivity contribution in [1.82, 2.24) is 0 Å². The summed E-state index contributed by atoms with van der Waals surface area (Å²) in [5.74, 6) is 0. The van der Waals surface area contributed by atoms with Gasteiger partial charge in [0.25, 0.3) is 0 Å². The molecule has 0 aromatic heterocycles. The van der Waals surface area contributed by atoms with Crippen LogP contribution in [0.5, 0.6) is 0 Å². The molecule has 0 aliphatic rings. The molecule has 43 valence electrons. The topological polar surface area (TPSA) is 142 Å². The first-order chi connectivity index (χ1) is 0. The number of hydrogen-bond donors (Lipinski definition) is 0. The summed E-state index contributed by atoms with van der Waals surface area (Å²) in [7, 11) is 0. The molecule has 8 heteroatoms. The molecule has 5 nitrogen and oxygen atoms in total. The van der Waals surface area contributed by atoms with Crippen LogP contribution in [0.4, 0.5) is 0 Å². The van der Waals surface area contributed by atoms with Crippen molar-refractivity contribution in [2.75, 3.05) is 0 Å². The van der Waals surface area contributed by atoms with Crippen molar-refractivity contribution in [3.63, 3.8) is 0 Å². The van der Waals surface area contributed by atoms with Gasteiger partial charge in [0, 0.05) is 0 Å². The van der Waals surface area contributed by atoms with Crippen LogP contribution in [0, 0.1) is 40.4 Å². The Kier molecular flexibility index (Phi) is 1590. The van der Waals surface area contributed by atoms with Crippen LogP contribution in [0.25, 0.3) is 0 Å². The normalized spacial score (nSPS) is 0. The fraction of sp³-hybridized carbons (Fsp3) is 0. The first-order valence-electron chi connectivity index (χ1n) is 0. The van der Waals surface area contributed by atoms with Gasteiger partial charge < -0.3 is 27.4 Å². The van der Waals surface area contributed by atoms with Crippen LogP contribution in [-0.4, -0.2) is 49.8 Å². The quantitative estimate of drug-likeness (QED) is 0.391. The Bertz CT molecular complexity index is 12.4. The second kappa shape index (κ2) is 96.6. The van der Waals surface area contributed by atoms with Crippen molar-refractivity contribution in [2.45, 2.75) is 0 Å². The van der Waals surface area contributed by atoms with Crippen molar-refractivity contribution in [3.05, 3.63) is 0 Å². The molecular weight excluding hydrogens is 464 g/mol. The van der Waals surface area contributed by atoms with Gasteiger partial charge in [0.2, 0.25) is 0 Å². The minimum absolute atomic E-state index is 0. The zero-order valence-electron chi connectivity index (χ0n) is 3.53. The molecule has 8 heavy (non-hydrogen) atoms. The Morgan fingerprint density at radius 3 is 0.500 bits per heavy atom. The van der Waals surface area contributed by atoms with Gasteiger partial charge in [-0.25, -0.2) is 0 Å². The molecule has 0 N–H and O–H groups in total. The van der Waals surface area contributed by atoms with Crippen molar-refractivity contribution >= 4 is 49.8 Å². The molecule has 0 saturated carbocycles. The van der Waals surface area contributed by atoms with Crippen LogP contribution in [0.15, 0.2) is 0 Å². The van der Waals surface area contributed by atoms with Crippen molar-refractivity contribution in [2.24, 2.45) is 0 Å². The van der Waals surface area contributed by atoms with Gasteiger partial charge in [0.15, 0.2) is 0 Å². The second-order valence-electron chi connectivity index (χ2n) is 0. The monoisotopic (exact) mass is 467 g/mol. The largest absolute Gasteiger partial charge is 4.00 e. The summed E-state index contributed by atoms with van der Waals surface area (Å²) in [4.78, 5) is 0. The zero-order chi connectivity index (χ0) is 0. The molecule has 0 aromatic carbocycles. The van der Waals surface area contributed by atoms with Crippen LogP contribution in [-0.2, 0) is 27.4 Å². The second-order valence-corrected chi connectivity index (χ2v) is 0. The summed E-state index contributed by atoms with van der Waals surface area (Å²) >= 11 is 0. The van der Waals surface area contributed by atoms with Gasteiger partial charge in [-0.05, 0) is 0 Å². The Morgan fingerprint density at radius 1 is 0.500 bits per heavy atom. The third kappa shape index (κ3) is 68.1. The van der Waals surface area contributed by atoms with E-state index in [4.69, 9.17) is 0 Å². The van der Waals surface area contributed by atoms with E-state index >= 15 is 0 Å². The SMILES string of the molecule is [In+3].[O-2].[O-2].[O-2].[O-2].[O-2].[Sm+3].[Sn+4]. The molecule has 0 saturated heterocycles. The summed E-state index contributed by atoms with van der Waals surface area (Å²) < 4.78 is 0. The zero-order valence-corrected chi connectivity index (χ0v) is 12.3. The maximum Gasteiger partial charge on any atom is 4.00 e. The maximum atomic E-state index is 0. The molecule has 1 radical (unpaired) electrons. The predicted molar refractivity (Wildman–Crippen MR) is 14.9 cm³/mol. The fourth-order valence-corrected chi connectivity index (χ4v) is 0. The standard InChI is InChI=1S/In.5O.Sm.Sn/q+3;5*-2;+3;+4. The molecule has 0 aliphatic carbocycles. The van der Waals surface area contributed by atoms with Gasteiger partial charge in [-0.1, -0.05) is 0 Å². The van der Waals surface area contributed by atoms with Crippen molar-refractivity contribution in [1.29, 1.82) is 0 Å². The van der Waals surface area contributed by atoms with E-state index < -0.39 is 0 Å². The Labute approximate surface area is 115 Å². The molecule has 0 aromatic rings. The minimum atomic E-state index is 0. The summed E-state index contributed by atoms with van der Waals surface area (Å²) in [5, 5.41) is 0. The Balaban J connectivity index is 0. The Morgan fingerprint density at radius 2 is 0.500 bits per heavy atom. The van der Waals surface area contributed by atoms with E-state index in [1.165, 1.54) is 0 Å². The molecule has 0 amide bonds. The van der Waals surface area contributed by atoms with Crippen LogP contribution in [0.1, 0.15) is 0 Å². The molecule has 0 bridgehead atoms. The van der Waals surface area contributed by atoms with E-state index in [-0.39, 0.29) is 118 Å². The Hall–Kier alpha value is 2.81. The van der Waals surface area contributed by atoms with Crippen LogP contribution in [0.2, 0.25) is 0 Å². The molecule has 0 atom stereocenters. The average molecular weight is 464 g/mol. The van der Waals surface area contributed by atoms with Gasteiger partial charge in [-0.2, -0.15) is 0 Å². The first-order valence-corrected chi connectivity index (χ1v) is 0. The van der Waals surface area contributed by atoms with E-state index in [2.05, 4.69) is 0 Å². The van der Waals surface area contributed by atoms with E-state index in [0.29, 0.717) is 0 Å². The van der Waals surface area contributed by atoms with E-state index in [9.17, 15) is 0 Å². The molecule has 0 rings (SSSR count). The van der Waals surface area contributed by atoms with Crippen molar-refractivity contribution < 1.29 is 67.8 Å².